The molecule has 0 aliphatic carbocycles. The molecule has 1 aromatic heterocycles. The summed E-state index contributed by atoms with van der Waals surface area (Å²) < 4.78 is 5.07. The van der Waals surface area contributed by atoms with E-state index in [1.165, 1.54) is 0 Å². The van der Waals surface area contributed by atoms with Crippen LogP contribution in [0.25, 0.3) is 0 Å². The third-order valence-electron chi connectivity index (χ3n) is 3.43. The van der Waals surface area contributed by atoms with Crippen molar-refractivity contribution in [3.63, 3.8) is 0 Å². The molecule has 1 aromatic carbocycles. The highest BCUT2D eigenvalue weighted by atomic mass is 16.5. The second-order valence-electron chi connectivity index (χ2n) is 5.59. The SMILES string of the molecule is CCc1noc(C)c1C(=O)Nc1ccc(NC(=O)C(C)C)cc1. The number of benzene rings is 1. The van der Waals surface area contributed by atoms with E-state index in [1.54, 1.807) is 31.2 Å². The maximum Gasteiger partial charge on any atom is 0.261 e. The molecule has 0 unspecified atom stereocenters. The van der Waals surface area contributed by atoms with E-state index < -0.39 is 0 Å². The number of nitrogens with one attached hydrogen (secondary N) is 2. The van der Waals surface area contributed by atoms with E-state index in [0.29, 0.717) is 34.8 Å². The highest BCUT2D eigenvalue weighted by Crippen LogP contribution is 2.18. The van der Waals surface area contributed by atoms with Gasteiger partial charge in [-0.25, -0.2) is 0 Å². The molecule has 0 saturated carbocycles. The van der Waals surface area contributed by atoms with Gasteiger partial charge >= 0.3 is 0 Å². The van der Waals surface area contributed by atoms with Gasteiger partial charge in [0.15, 0.2) is 0 Å². The molecule has 0 bridgehead atoms. The molecule has 2 amide bonds. The van der Waals surface area contributed by atoms with E-state index in [4.69, 9.17) is 4.52 Å². The van der Waals surface area contributed by atoms with E-state index in [0.717, 1.165) is 0 Å². The van der Waals surface area contributed by atoms with E-state index in [1.807, 2.05) is 20.8 Å². The first kappa shape index (κ1) is 16.7. The molecule has 6 nitrogen and oxygen atoms in total. The van der Waals surface area contributed by atoms with Crippen LogP contribution >= 0.6 is 0 Å². The molecule has 2 aromatic rings. The van der Waals surface area contributed by atoms with Gasteiger partial charge in [-0.15, -0.1) is 0 Å². The monoisotopic (exact) mass is 315 g/mol. The highest BCUT2D eigenvalue weighted by molar-refractivity contribution is 6.05. The summed E-state index contributed by atoms with van der Waals surface area (Å²) in [5.74, 6) is 0.118. The zero-order valence-corrected chi connectivity index (χ0v) is 13.8. The van der Waals surface area contributed by atoms with Crippen molar-refractivity contribution >= 4 is 23.2 Å². The Bertz CT molecular complexity index is 702. The van der Waals surface area contributed by atoms with Crippen molar-refractivity contribution in [2.24, 2.45) is 5.92 Å². The van der Waals surface area contributed by atoms with Gasteiger partial charge in [-0.05, 0) is 37.6 Å². The summed E-state index contributed by atoms with van der Waals surface area (Å²) in [6.45, 7) is 7.29. The van der Waals surface area contributed by atoms with Crippen LogP contribution in [0.1, 0.15) is 42.6 Å². The molecule has 0 fully saturated rings. The molecule has 23 heavy (non-hydrogen) atoms. The third-order valence-corrected chi connectivity index (χ3v) is 3.43. The zero-order valence-electron chi connectivity index (χ0n) is 13.8. The number of carbonyl (C=O) groups excluding carboxylic acids is 2. The molecule has 0 aliphatic heterocycles. The van der Waals surface area contributed by atoms with Gasteiger partial charge in [0.2, 0.25) is 5.91 Å². The summed E-state index contributed by atoms with van der Waals surface area (Å²) in [7, 11) is 0. The van der Waals surface area contributed by atoms with Gasteiger partial charge in [-0.2, -0.15) is 0 Å². The Balaban J connectivity index is 2.07. The first-order valence-electron chi connectivity index (χ1n) is 7.59. The van der Waals surface area contributed by atoms with E-state index in [-0.39, 0.29) is 17.7 Å². The highest BCUT2D eigenvalue weighted by Gasteiger charge is 2.19. The van der Waals surface area contributed by atoms with Crippen LogP contribution in [0.5, 0.6) is 0 Å². The van der Waals surface area contributed by atoms with Crippen molar-refractivity contribution in [2.45, 2.75) is 34.1 Å². The molecule has 2 N–H and O–H groups in total. The fourth-order valence-electron chi connectivity index (χ4n) is 2.07. The molecular formula is C17H21N3O3. The van der Waals surface area contributed by atoms with Crippen molar-refractivity contribution in [3.8, 4) is 0 Å². The maximum atomic E-state index is 12.3. The van der Waals surface area contributed by atoms with Gasteiger partial charge in [-0.1, -0.05) is 25.9 Å². The number of nitrogens with zero attached hydrogens (tertiary/aromatic N) is 1. The quantitative estimate of drug-likeness (QED) is 0.885. The molecule has 0 atom stereocenters. The third kappa shape index (κ3) is 3.97. The lowest BCUT2D eigenvalue weighted by molar-refractivity contribution is -0.118. The largest absolute Gasteiger partial charge is 0.361 e. The van der Waals surface area contributed by atoms with E-state index in [9.17, 15) is 9.59 Å². The summed E-state index contributed by atoms with van der Waals surface area (Å²) in [5, 5.41) is 9.49. The van der Waals surface area contributed by atoms with Gasteiger partial charge < -0.3 is 15.2 Å². The molecule has 6 heteroatoms. The van der Waals surface area contributed by atoms with Crippen LogP contribution in [0.2, 0.25) is 0 Å². The van der Waals surface area contributed by atoms with Crippen LogP contribution in [0.15, 0.2) is 28.8 Å². The number of aromatic nitrogens is 1. The molecule has 0 spiro atoms. The van der Waals surface area contributed by atoms with Crippen molar-refractivity contribution in [3.05, 3.63) is 41.3 Å². The Hall–Kier alpha value is -2.63. The average molecular weight is 315 g/mol. The van der Waals surface area contributed by atoms with Gasteiger partial charge in [0.1, 0.15) is 11.3 Å². The maximum absolute atomic E-state index is 12.3. The predicted octanol–water partition coefficient (Wildman–Crippen LogP) is 3.39. The normalized spacial score (nSPS) is 10.7. The minimum atomic E-state index is -0.250. The number of anilines is 2. The molecule has 0 saturated heterocycles. The molecule has 2 rings (SSSR count). The molecule has 0 radical (unpaired) electrons. The number of rotatable bonds is 5. The van der Waals surface area contributed by atoms with Crippen LogP contribution in [0, 0.1) is 12.8 Å². The Morgan fingerprint density at radius 1 is 1.13 bits per heavy atom. The lowest BCUT2D eigenvalue weighted by atomic mass is 10.1. The first-order valence-corrected chi connectivity index (χ1v) is 7.59. The summed E-state index contributed by atoms with van der Waals surface area (Å²) in [6, 6.07) is 6.97. The Morgan fingerprint density at radius 2 is 1.70 bits per heavy atom. The average Bonchev–Trinajstić information content (AvgIpc) is 2.90. The fraction of sp³-hybridized carbons (Fsp3) is 0.353. The number of aryl methyl sites for hydroxylation is 2. The smallest absolute Gasteiger partial charge is 0.261 e. The molecule has 1 heterocycles. The van der Waals surface area contributed by atoms with Crippen LogP contribution < -0.4 is 10.6 Å². The number of hydrogen-bond acceptors (Lipinski definition) is 4. The summed E-state index contributed by atoms with van der Waals surface area (Å²) in [5.41, 5.74) is 2.45. The van der Waals surface area contributed by atoms with Crippen molar-refractivity contribution in [1.29, 1.82) is 0 Å². The lowest BCUT2D eigenvalue weighted by Gasteiger charge is -2.09. The van der Waals surface area contributed by atoms with Crippen LogP contribution in [0.3, 0.4) is 0 Å². The molecule has 0 aliphatic rings. The second-order valence-corrected chi connectivity index (χ2v) is 5.59. The second kappa shape index (κ2) is 7.09. The van der Waals surface area contributed by atoms with E-state index >= 15 is 0 Å². The van der Waals surface area contributed by atoms with Crippen molar-refractivity contribution in [1.82, 2.24) is 5.16 Å². The Labute approximate surface area is 135 Å². The van der Waals surface area contributed by atoms with Crippen LogP contribution in [-0.4, -0.2) is 17.0 Å². The van der Waals surface area contributed by atoms with E-state index in [2.05, 4.69) is 15.8 Å². The van der Waals surface area contributed by atoms with Crippen LogP contribution in [0.4, 0.5) is 11.4 Å². The fourth-order valence-corrected chi connectivity index (χ4v) is 2.07. The van der Waals surface area contributed by atoms with Gasteiger partial charge in [0.05, 0.1) is 5.69 Å². The topological polar surface area (TPSA) is 84.2 Å². The minimum absolute atomic E-state index is 0.0468. The lowest BCUT2D eigenvalue weighted by Crippen LogP contribution is -2.18. The van der Waals surface area contributed by atoms with Gasteiger partial charge in [0, 0.05) is 17.3 Å². The summed E-state index contributed by atoms with van der Waals surface area (Å²) in [4.78, 5) is 24.0. The molecule has 122 valence electrons. The number of amides is 2. The standard InChI is InChI=1S/C17H21N3O3/c1-5-14-15(11(4)23-20-14)17(22)19-13-8-6-12(7-9-13)18-16(21)10(2)3/h6-10H,5H2,1-4H3,(H,18,21)(H,19,22). The van der Waals surface area contributed by atoms with Crippen molar-refractivity contribution in [2.75, 3.05) is 10.6 Å². The van der Waals surface area contributed by atoms with Crippen LogP contribution in [-0.2, 0) is 11.2 Å². The number of carbonyl (C=O) groups is 2. The summed E-state index contributed by atoms with van der Waals surface area (Å²) >= 11 is 0. The van der Waals surface area contributed by atoms with Gasteiger partial charge in [0.25, 0.3) is 5.91 Å². The van der Waals surface area contributed by atoms with Gasteiger partial charge in [-0.3, -0.25) is 9.59 Å². The molecular weight excluding hydrogens is 294 g/mol. The zero-order chi connectivity index (χ0) is 17.0. The summed E-state index contributed by atoms with van der Waals surface area (Å²) in [6.07, 6.45) is 0.625. The minimum Gasteiger partial charge on any atom is -0.361 e. The first-order chi connectivity index (χ1) is 10.9. The number of hydrogen-bond donors (Lipinski definition) is 2. The predicted molar refractivity (Wildman–Crippen MR) is 88.5 cm³/mol. The van der Waals surface area contributed by atoms with Crippen molar-refractivity contribution < 1.29 is 14.1 Å². The Kier molecular flexibility index (Phi) is 5.16. The Morgan fingerprint density at radius 3 is 2.22 bits per heavy atom.